The lowest BCUT2D eigenvalue weighted by atomic mass is 10.2. The summed E-state index contributed by atoms with van der Waals surface area (Å²) >= 11 is 0. The first-order valence-electron chi connectivity index (χ1n) is 8.57. The molecule has 1 aromatic carbocycles. The van der Waals surface area contributed by atoms with E-state index in [4.69, 9.17) is 14.2 Å². The molecule has 24 heavy (non-hydrogen) atoms. The Labute approximate surface area is 144 Å². The fourth-order valence-corrected chi connectivity index (χ4v) is 3.48. The standard InChI is InChI=1S/C17H27NO5S/c1-3-9-22-16-8-7-15(12-17(16)23-10-4-2)24(19,20)18-13-14-6-5-11-21-14/h7-8,12,14,18H,3-6,9-11,13H2,1-2H3/t14-/m0/s1. The summed E-state index contributed by atoms with van der Waals surface area (Å²) < 4.78 is 44.3. The number of benzene rings is 1. The zero-order valence-corrected chi connectivity index (χ0v) is 15.2. The first kappa shape index (κ1) is 19.0. The Kier molecular flexibility index (Phi) is 7.33. The van der Waals surface area contributed by atoms with E-state index in [2.05, 4.69) is 4.72 Å². The zero-order valence-electron chi connectivity index (χ0n) is 14.4. The van der Waals surface area contributed by atoms with Crippen molar-refractivity contribution in [2.24, 2.45) is 0 Å². The van der Waals surface area contributed by atoms with Crippen LogP contribution in [0.2, 0.25) is 0 Å². The lowest BCUT2D eigenvalue weighted by molar-refractivity contribution is 0.114. The molecule has 7 heteroatoms. The summed E-state index contributed by atoms with van der Waals surface area (Å²) in [6.07, 6.45) is 3.53. The van der Waals surface area contributed by atoms with Gasteiger partial charge in [-0.3, -0.25) is 0 Å². The number of sulfonamides is 1. The molecule has 6 nitrogen and oxygen atoms in total. The Hall–Kier alpha value is -1.31. The fourth-order valence-electron chi connectivity index (χ4n) is 2.40. The van der Waals surface area contributed by atoms with E-state index in [9.17, 15) is 8.42 Å². The van der Waals surface area contributed by atoms with Crippen LogP contribution in [0.15, 0.2) is 23.1 Å². The summed E-state index contributed by atoms with van der Waals surface area (Å²) in [5.41, 5.74) is 0. The SMILES string of the molecule is CCCOc1ccc(S(=O)(=O)NC[C@@H]2CCCO2)cc1OCCC. The molecule has 0 aliphatic carbocycles. The number of hydrogen-bond acceptors (Lipinski definition) is 5. The van der Waals surface area contributed by atoms with E-state index in [1.54, 1.807) is 12.1 Å². The van der Waals surface area contributed by atoms with Gasteiger partial charge in [0.2, 0.25) is 10.0 Å². The van der Waals surface area contributed by atoms with Crippen molar-refractivity contribution in [2.75, 3.05) is 26.4 Å². The summed E-state index contributed by atoms with van der Waals surface area (Å²) in [4.78, 5) is 0.176. The molecule has 2 rings (SSSR count). The molecule has 0 bridgehead atoms. The van der Waals surface area contributed by atoms with Gasteiger partial charge in [0, 0.05) is 19.2 Å². The number of hydrogen-bond donors (Lipinski definition) is 1. The Morgan fingerprint density at radius 1 is 1.17 bits per heavy atom. The minimum atomic E-state index is -3.60. The highest BCUT2D eigenvalue weighted by Gasteiger charge is 2.21. The largest absolute Gasteiger partial charge is 0.490 e. The highest BCUT2D eigenvalue weighted by Crippen LogP contribution is 2.30. The molecule has 1 aliphatic rings. The third kappa shape index (κ3) is 5.36. The van der Waals surface area contributed by atoms with Gasteiger partial charge in [-0.2, -0.15) is 0 Å². The fraction of sp³-hybridized carbons (Fsp3) is 0.647. The average molecular weight is 357 g/mol. The van der Waals surface area contributed by atoms with Gasteiger partial charge in [0.1, 0.15) is 0 Å². The van der Waals surface area contributed by atoms with Gasteiger partial charge in [-0.05, 0) is 37.8 Å². The number of rotatable bonds is 10. The molecule has 1 fully saturated rings. The van der Waals surface area contributed by atoms with Gasteiger partial charge in [-0.1, -0.05) is 13.8 Å². The Bertz CT molecular complexity index is 611. The van der Waals surface area contributed by atoms with E-state index < -0.39 is 10.0 Å². The molecule has 0 amide bonds. The lowest BCUT2D eigenvalue weighted by Crippen LogP contribution is -2.31. The van der Waals surface area contributed by atoms with Gasteiger partial charge in [0.25, 0.3) is 0 Å². The van der Waals surface area contributed by atoms with Gasteiger partial charge in [0.05, 0.1) is 24.2 Å². The molecular formula is C17H27NO5S. The van der Waals surface area contributed by atoms with Crippen molar-refractivity contribution >= 4 is 10.0 Å². The van der Waals surface area contributed by atoms with Gasteiger partial charge in [-0.25, -0.2) is 13.1 Å². The third-order valence-corrected chi connectivity index (χ3v) is 5.10. The molecule has 0 radical (unpaired) electrons. The van der Waals surface area contributed by atoms with Gasteiger partial charge in [0.15, 0.2) is 11.5 Å². The maximum atomic E-state index is 12.5. The quantitative estimate of drug-likeness (QED) is 0.697. The van der Waals surface area contributed by atoms with Crippen molar-refractivity contribution in [3.05, 3.63) is 18.2 Å². The molecule has 0 aromatic heterocycles. The molecule has 1 heterocycles. The first-order valence-corrected chi connectivity index (χ1v) is 10.1. The molecule has 1 saturated heterocycles. The Morgan fingerprint density at radius 3 is 2.50 bits per heavy atom. The topological polar surface area (TPSA) is 73.9 Å². The van der Waals surface area contributed by atoms with Crippen LogP contribution in [0.25, 0.3) is 0 Å². The predicted molar refractivity (Wildman–Crippen MR) is 92.2 cm³/mol. The minimum absolute atomic E-state index is 0.0391. The maximum absolute atomic E-state index is 12.5. The molecule has 0 unspecified atom stereocenters. The van der Waals surface area contributed by atoms with E-state index in [-0.39, 0.29) is 11.0 Å². The highest BCUT2D eigenvalue weighted by molar-refractivity contribution is 7.89. The van der Waals surface area contributed by atoms with Crippen LogP contribution < -0.4 is 14.2 Å². The van der Waals surface area contributed by atoms with Crippen molar-refractivity contribution in [2.45, 2.75) is 50.5 Å². The van der Waals surface area contributed by atoms with Gasteiger partial charge < -0.3 is 14.2 Å². The summed E-state index contributed by atoms with van der Waals surface area (Å²) in [6.45, 7) is 6.07. The van der Waals surface area contributed by atoms with Crippen molar-refractivity contribution < 1.29 is 22.6 Å². The molecule has 1 aliphatic heterocycles. The van der Waals surface area contributed by atoms with Crippen LogP contribution in [0.3, 0.4) is 0 Å². The summed E-state index contributed by atoms with van der Waals surface area (Å²) in [6, 6.07) is 4.72. The van der Waals surface area contributed by atoms with Crippen LogP contribution in [0.1, 0.15) is 39.5 Å². The van der Waals surface area contributed by atoms with E-state index in [1.165, 1.54) is 6.07 Å². The first-order chi connectivity index (χ1) is 11.6. The van der Waals surface area contributed by atoms with Crippen molar-refractivity contribution in [3.63, 3.8) is 0 Å². The van der Waals surface area contributed by atoms with E-state index >= 15 is 0 Å². The average Bonchev–Trinajstić information content (AvgIpc) is 3.10. The Balaban J connectivity index is 2.11. The van der Waals surface area contributed by atoms with E-state index in [0.717, 1.165) is 25.7 Å². The second-order valence-electron chi connectivity index (χ2n) is 5.79. The highest BCUT2D eigenvalue weighted by atomic mass is 32.2. The molecule has 0 saturated carbocycles. The second-order valence-corrected chi connectivity index (χ2v) is 7.56. The number of ether oxygens (including phenoxy) is 3. The van der Waals surface area contributed by atoms with E-state index in [0.29, 0.717) is 37.9 Å². The molecule has 136 valence electrons. The molecular weight excluding hydrogens is 330 g/mol. The summed E-state index contributed by atoms with van der Waals surface area (Å²) in [7, 11) is -3.60. The summed E-state index contributed by atoms with van der Waals surface area (Å²) in [5, 5.41) is 0. The van der Waals surface area contributed by atoms with E-state index in [1.807, 2.05) is 13.8 Å². The zero-order chi connectivity index (χ0) is 17.4. The monoisotopic (exact) mass is 357 g/mol. The third-order valence-electron chi connectivity index (χ3n) is 3.67. The van der Waals surface area contributed by atoms with Crippen LogP contribution in [-0.2, 0) is 14.8 Å². The van der Waals surface area contributed by atoms with Crippen molar-refractivity contribution in [3.8, 4) is 11.5 Å². The smallest absolute Gasteiger partial charge is 0.240 e. The van der Waals surface area contributed by atoms with Crippen molar-refractivity contribution in [1.82, 2.24) is 4.72 Å². The summed E-state index contributed by atoms with van der Waals surface area (Å²) in [5.74, 6) is 1.04. The van der Waals surface area contributed by atoms with Crippen LogP contribution in [-0.4, -0.2) is 40.9 Å². The maximum Gasteiger partial charge on any atom is 0.240 e. The molecule has 0 spiro atoms. The Morgan fingerprint density at radius 2 is 1.88 bits per heavy atom. The van der Waals surface area contributed by atoms with Crippen LogP contribution in [0.5, 0.6) is 11.5 Å². The molecule has 1 N–H and O–H groups in total. The lowest BCUT2D eigenvalue weighted by Gasteiger charge is -2.15. The second kappa shape index (κ2) is 9.25. The van der Waals surface area contributed by atoms with Crippen molar-refractivity contribution in [1.29, 1.82) is 0 Å². The molecule has 1 atom stereocenters. The van der Waals surface area contributed by atoms with Crippen LogP contribution >= 0.6 is 0 Å². The van der Waals surface area contributed by atoms with Crippen LogP contribution in [0, 0.1) is 0 Å². The molecule has 1 aromatic rings. The van der Waals surface area contributed by atoms with Gasteiger partial charge in [-0.15, -0.1) is 0 Å². The van der Waals surface area contributed by atoms with Gasteiger partial charge >= 0.3 is 0 Å². The minimum Gasteiger partial charge on any atom is -0.490 e. The van der Waals surface area contributed by atoms with Crippen LogP contribution in [0.4, 0.5) is 0 Å². The predicted octanol–water partition coefficient (Wildman–Crippen LogP) is 2.72. The number of nitrogens with one attached hydrogen (secondary N) is 1. The normalized spacial score (nSPS) is 17.8.